The standard InChI is InChI=1S/C12H13ClN2S/c1-8(2)5-6-15-11-4-3-9(13)7-10(11)14-12(15)16/h3-5,7H,6H2,1-2H3,(H,14,16). The maximum atomic E-state index is 5.93. The number of aromatic nitrogens is 2. The zero-order valence-electron chi connectivity index (χ0n) is 9.25. The van der Waals surface area contributed by atoms with Crippen LogP contribution in [0.3, 0.4) is 0 Å². The number of benzene rings is 1. The van der Waals surface area contributed by atoms with Gasteiger partial charge in [0.15, 0.2) is 4.77 Å². The largest absolute Gasteiger partial charge is 0.331 e. The molecule has 0 bridgehead atoms. The number of imidazole rings is 1. The van der Waals surface area contributed by atoms with E-state index in [2.05, 4.69) is 29.5 Å². The lowest BCUT2D eigenvalue weighted by atomic mass is 10.3. The Bertz CT molecular complexity index is 603. The molecular formula is C12H13ClN2S. The van der Waals surface area contributed by atoms with E-state index in [0.717, 1.165) is 27.4 Å². The second-order valence-corrected chi connectivity index (χ2v) is 4.81. The molecule has 0 atom stereocenters. The number of nitrogens with zero attached hydrogens (tertiary/aromatic N) is 1. The Labute approximate surface area is 105 Å². The quantitative estimate of drug-likeness (QED) is 0.624. The minimum Gasteiger partial charge on any atom is -0.331 e. The van der Waals surface area contributed by atoms with Crippen molar-refractivity contribution in [1.29, 1.82) is 0 Å². The molecule has 1 aromatic heterocycles. The summed E-state index contributed by atoms with van der Waals surface area (Å²) in [6.07, 6.45) is 2.15. The second kappa shape index (κ2) is 4.44. The maximum absolute atomic E-state index is 5.93. The van der Waals surface area contributed by atoms with Crippen LogP contribution in [0.4, 0.5) is 0 Å². The number of aromatic amines is 1. The van der Waals surface area contributed by atoms with E-state index in [9.17, 15) is 0 Å². The van der Waals surface area contributed by atoms with Crippen molar-refractivity contribution in [3.63, 3.8) is 0 Å². The Hall–Kier alpha value is -1.06. The van der Waals surface area contributed by atoms with Crippen LogP contribution in [0, 0.1) is 4.77 Å². The van der Waals surface area contributed by atoms with Gasteiger partial charge in [-0.15, -0.1) is 0 Å². The third kappa shape index (κ3) is 2.20. The van der Waals surface area contributed by atoms with Crippen molar-refractivity contribution >= 4 is 34.9 Å². The van der Waals surface area contributed by atoms with Crippen LogP contribution in [-0.2, 0) is 6.54 Å². The van der Waals surface area contributed by atoms with Gasteiger partial charge in [-0.1, -0.05) is 23.3 Å². The molecule has 2 rings (SSSR count). The van der Waals surface area contributed by atoms with Gasteiger partial charge in [0.2, 0.25) is 0 Å². The van der Waals surface area contributed by atoms with Crippen molar-refractivity contribution < 1.29 is 0 Å². The van der Waals surface area contributed by atoms with Crippen molar-refractivity contribution in [3.8, 4) is 0 Å². The van der Waals surface area contributed by atoms with Crippen molar-refractivity contribution in [2.24, 2.45) is 0 Å². The minimum absolute atomic E-state index is 0.720. The average molecular weight is 253 g/mol. The minimum atomic E-state index is 0.720. The van der Waals surface area contributed by atoms with Crippen LogP contribution in [0.1, 0.15) is 13.8 Å². The zero-order chi connectivity index (χ0) is 11.7. The van der Waals surface area contributed by atoms with E-state index in [4.69, 9.17) is 23.8 Å². The van der Waals surface area contributed by atoms with Gasteiger partial charge in [0, 0.05) is 11.6 Å². The summed E-state index contributed by atoms with van der Waals surface area (Å²) in [5.74, 6) is 0. The van der Waals surface area contributed by atoms with Gasteiger partial charge in [-0.3, -0.25) is 0 Å². The van der Waals surface area contributed by atoms with Gasteiger partial charge < -0.3 is 9.55 Å². The predicted octanol–water partition coefficient (Wildman–Crippen LogP) is 4.32. The highest BCUT2D eigenvalue weighted by Crippen LogP contribution is 2.19. The molecule has 0 aliphatic rings. The first-order valence-corrected chi connectivity index (χ1v) is 5.88. The molecule has 4 heteroatoms. The van der Waals surface area contributed by atoms with Crippen LogP contribution >= 0.6 is 23.8 Å². The number of allylic oxidation sites excluding steroid dienone is 2. The molecule has 0 spiro atoms. The highest BCUT2D eigenvalue weighted by atomic mass is 35.5. The van der Waals surface area contributed by atoms with E-state index in [1.165, 1.54) is 5.57 Å². The van der Waals surface area contributed by atoms with E-state index in [1.54, 1.807) is 0 Å². The topological polar surface area (TPSA) is 20.7 Å². The molecule has 1 heterocycles. The molecule has 0 aliphatic heterocycles. The van der Waals surface area contributed by atoms with Gasteiger partial charge in [-0.25, -0.2) is 0 Å². The SMILES string of the molecule is CC(C)=CCn1c(=S)[nH]c2cc(Cl)ccc21. The van der Waals surface area contributed by atoms with Gasteiger partial charge >= 0.3 is 0 Å². The summed E-state index contributed by atoms with van der Waals surface area (Å²) in [6, 6.07) is 5.76. The Morgan fingerprint density at radius 1 is 1.50 bits per heavy atom. The molecule has 0 aliphatic carbocycles. The summed E-state index contributed by atoms with van der Waals surface area (Å²) in [5, 5.41) is 0.720. The first kappa shape index (κ1) is 11.4. The molecule has 84 valence electrons. The second-order valence-electron chi connectivity index (χ2n) is 3.98. The van der Waals surface area contributed by atoms with Crippen LogP contribution in [-0.4, -0.2) is 9.55 Å². The summed E-state index contributed by atoms with van der Waals surface area (Å²) >= 11 is 11.2. The number of nitrogens with one attached hydrogen (secondary N) is 1. The number of hydrogen-bond donors (Lipinski definition) is 1. The van der Waals surface area contributed by atoms with Crippen molar-refractivity contribution in [2.75, 3.05) is 0 Å². The summed E-state index contributed by atoms with van der Waals surface area (Å²) in [6.45, 7) is 4.95. The maximum Gasteiger partial charge on any atom is 0.178 e. The number of hydrogen-bond acceptors (Lipinski definition) is 1. The first-order chi connectivity index (χ1) is 7.58. The Balaban J connectivity index is 2.56. The molecule has 0 amide bonds. The number of fused-ring (bicyclic) bond motifs is 1. The Morgan fingerprint density at radius 3 is 2.94 bits per heavy atom. The molecule has 1 aromatic carbocycles. The lowest BCUT2D eigenvalue weighted by molar-refractivity contribution is 0.828. The van der Waals surface area contributed by atoms with E-state index < -0.39 is 0 Å². The zero-order valence-corrected chi connectivity index (χ0v) is 10.8. The monoisotopic (exact) mass is 252 g/mol. The van der Waals surface area contributed by atoms with E-state index in [-0.39, 0.29) is 0 Å². The van der Waals surface area contributed by atoms with Gasteiger partial charge in [0.25, 0.3) is 0 Å². The van der Waals surface area contributed by atoms with Crippen LogP contribution < -0.4 is 0 Å². The van der Waals surface area contributed by atoms with Crippen molar-refractivity contribution in [3.05, 3.63) is 39.6 Å². The van der Waals surface area contributed by atoms with E-state index >= 15 is 0 Å². The van der Waals surface area contributed by atoms with Crippen LogP contribution in [0.15, 0.2) is 29.8 Å². The smallest absolute Gasteiger partial charge is 0.178 e. The fourth-order valence-electron chi connectivity index (χ4n) is 1.59. The molecule has 0 fully saturated rings. The molecule has 0 radical (unpaired) electrons. The van der Waals surface area contributed by atoms with Crippen molar-refractivity contribution in [1.82, 2.24) is 9.55 Å². The molecule has 0 saturated carbocycles. The number of rotatable bonds is 2. The molecule has 0 unspecified atom stereocenters. The van der Waals surface area contributed by atoms with Crippen molar-refractivity contribution in [2.45, 2.75) is 20.4 Å². The fourth-order valence-corrected chi connectivity index (χ4v) is 2.05. The normalized spacial score (nSPS) is 10.7. The van der Waals surface area contributed by atoms with Gasteiger partial charge in [0.1, 0.15) is 0 Å². The van der Waals surface area contributed by atoms with Gasteiger partial charge in [0.05, 0.1) is 11.0 Å². The highest BCUT2D eigenvalue weighted by molar-refractivity contribution is 7.71. The summed E-state index contributed by atoms with van der Waals surface area (Å²) in [7, 11) is 0. The molecule has 16 heavy (non-hydrogen) atoms. The molecule has 2 aromatic rings. The summed E-state index contributed by atoms with van der Waals surface area (Å²) in [4.78, 5) is 3.16. The Morgan fingerprint density at radius 2 is 2.25 bits per heavy atom. The number of halogens is 1. The third-order valence-corrected chi connectivity index (χ3v) is 2.98. The predicted molar refractivity (Wildman–Crippen MR) is 71.6 cm³/mol. The third-order valence-electron chi connectivity index (χ3n) is 2.42. The number of H-pyrrole nitrogens is 1. The summed E-state index contributed by atoms with van der Waals surface area (Å²) < 4.78 is 2.79. The van der Waals surface area contributed by atoms with Gasteiger partial charge in [-0.05, 0) is 44.3 Å². The first-order valence-electron chi connectivity index (χ1n) is 5.09. The molecule has 0 saturated heterocycles. The van der Waals surface area contributed by atoms with Crippen LogP contribution in [0.25, 0.3) is 11.0 Å². The van der Waals surface area contributed by atoms with E-state index in [0.29, 0.717) is 0 Å². The lowest BCUT2D eigenvalue weighted by Crippen LogP contribution is -1.95. The van der Waals surface area contributed by atoms with Crippen LogP contribution in [0.2, 0.25) is 5.02 Å². The molecule has 1 N–H and O–H groups in total. The average Bonchev–Trinajstić information content (AvgIpc) is 2.50. The highest BCUT2D eigenvalue weighted by Gasteiger charge is 2.03. The summed E-state index contributed by atoms with van der Waals surface area (Å²) in [5.41, 5.74) is 3.36. The van der Waals surface area contributed by atoms with E-state index in [1.807, 2.05) is 18.2 Å². The van der Waals surface area contributed by atoms with Crippen LogP contribution in [0.5, 0.6) is 0 Å². The fraction of sp³-hybridized carbons (Fsp3) is 0.250. The van der Waals surface area contributed by atoms with Gasteiger partial charge in [-0.2, -0.15) is 0 Å². The molecular weight excluding hydrogens is 240 g/mol. The Kier molecular flexibility index (Phi) is 3.17. The lowest BCUT2D eigenvalue weighted by Gasteiger charge is -2.00. The molecule has 2 nitrogen and oxygen atoms in total.